The van der Waals surface area contributed by atoms with E-state index < -0.39 is 11.6 Å². The predicted molar refractivity (Wildman–Crippen MR) is 479 cm³/mol. The third-order valence-electron chi connectivity index (χ3n) is 23.6. The molecular formula is C98H129N7O17. The molecule has 8 atom stereocenters. The number of aromatic hydroxyl groups is 3. The number of benzene rings is 4. The average molecular weight is 1680 g/mol. The summed E-state index contributed by atoms with van der Waals surface area (Å²) in [7, 11) is 2.92. The number of allylic oxidation sites excluding steroid dienone is 7. The minimum Gasteiger partial charge on any atom is -0.508 e. The second-order valence-corrected chi connectivity index (χ2v) is 32.7. The number of phenolic OH excluding ortho intramolecular Hbond substituents is 1. The second kappa shape index (κ2) is 55.0. The minimum atomic E-state index is -0.469. The van der Waals surface area contributed by atoms with E-state index in [2.05, 4.69) is 84.8 Å². The van der Waals surface area contributed by atoms with E-state index in [1.165, 1.54) is 127 Å². The monoisotopic (exact) mass is 1680 g/mol. The number of carbonyl (C=O) groups excluding carboxylic acids is 6. The van der Waals surface area contributed by atoms with E-state index in [-0.39, 0.29) is 115 Å². The van der Waals surface area contributed by atoms with Crippen LogP contribution in [-0.2, 0) is 46.7 Å². The zero-order valence-corrected chi connectivity index (χ0v) is 72.6. The summed E-state index contributed by atoms with van der Waals surface area (Å²) in [6, 6.07) is 18.9. The number of nitrogens with zero attached hydrogens (tertiary/aromatic N) is 6. The molecule has 0 aliphatic heterocycles. The van der Waals surface area contributed by atoms with Crippen molar-refractivity contribution in [2.24, 2.45) is 56.6 Å². The highest BCUT2D eigenvalue weighted by atomic mass is 16.5. The molecule has 24 heteroatoms. The van der Waals surface area contributed by atoms with Crippen LogP contribution in [0.4, 0.5) is 0 Å². The summed E-state index contributed by atoms with van der Waals surface area (Å²) in [4.78, 5) is 77.3. The predicted octanol–water partition coefficient (Wildman–Crippen LogP) is 20.7. The molecule has 0 bridgehead atoms. The van der Waals surface area contributed by atoms with Gasteiger partial charge in [0.05, 0.1) is 39.1 Å². The van der Waals surface area contributed by atoms with Gasteiger partial charge in [-0.3, -0.25) is 28.8 Å². The van der Waals surface area contributed by atoms with Crippen molar-refractivity contribution in [1.82, 2.24) is 5.32 Å². The first kappa shape index (κ1) is 101. The number of nitrogens with one attached hydrogen (secondary N) is 1. The van der Waals surface area contributed by atoms with Crippen molar-refractivity contribution >= 4 is 59.1 Å². The topological polar surface area (TPSA) is 390 Å². The molecule has 8 rings (SSSR count). The fraction of sp³-hybridized carbons (Fsp3) is 0.510. The summed E-state index contributed by atoms with van der Waals surface area (Å²) in [6.45, 7) is 15.7. The molecule has 4 aromatic rings. The van der Waals surface area contributed by atoms with Gasteiger partial charge in [0.2, 0.25) is 5.91 Å². The lowest BCUT2D eigenvalue weighted by Gasteiger charge is -2.58. The van der Waals surface area contributed by atoms with E-state index in [1.807, 2.05) is 0 Å². The Labute approximate surface area is 721 Å². The Morgan fingerprint density at radius 2 is 1.22 bits per heavy atom. The van der Waals surface area contributed by atoms with Crippen LogP contribution >= 0.6 is 0 Å². The summed E-state index contributed by atoms with van der Waals surface area (Å²) >= 11 is 0. The van der Waals surface area contributed by atoms with Crippen molar-refractivity contribution in [1.29, 1.82) is 0 Å². The largest absolute Gasteiger partial charge is 0.508 e. The Morgan fingerprint density at radius 3 is 1.87 bits per heavy atom. The van der Waals surface area contributed by atoms with Gasteiger partial charge in [-0.2, -0.15) is 0 Å². The zero-order chi connectivity index (χ0) is 89.4. The van der Waals surface area contributed by atoms with E-state index in [9.17, 15) is 59.4 Å². The van der Waals surface area contributed by atoms with Crippen LogP contribution in [0.15, 0.2) is 142 Å². The minimum absolute atomic E-state index is 0.0120. The van der Waals surface area contributed by atoms with Crippen LogP contribution in [0.3, 0.4) is 0 Å². The van der Waals surface area contributed by atoms with Crippen LogP contribution in [0.5, 0.6) is 34.5 Å². The number of amides is 1. The van der Waals surface area contributed by atoms with Gasteiger partial charge in [-0.25, -0.2) is 0 Å². The van der Waals surface area contributed by atoms with Crippen molar-refractivity contribution in [3.05, 3.63) is 186 Å². The smallest absolute Gasteiger partial charge is 0.220 e. The van der Waals surface area contributed by atoms with Gasteiger partial charge in [0.15, 0.2) is 40.3 Å². The van der Waals surface area contributed by atoms with Crippen molar-refractivity contribution in [3.63, 3.8) is 0 Å². The normalized spacial score (nSPS) is 19.3. The number of unbranched alkanes of at least 4 members (excludes halogenated alkanes) is 5. The number of fused-ring (bicyclic) bond motifs is 5. The Balaban J connectivity index is 0.000000297. The summed E-state index contributed by atoms with van der Waals surface area (Å²) in [5, 5.41) is 77.1. The van der Waals surface area contributed by atoms with Gasteiger partial charge in [-0.05, 0) is 230 Å². The summed E-state index contributed by atoms with van der Waals surface area (Å²) in [6.07, 6.45) is 49.7. The zero-order valence-electron chi connectivity index (χ0n) is 72.6. The van der Waals surface area contributed by atoms with Gasteiger partial charge < -0.3 is 60.0 Å². The summed E-state index contributed by atoms with van der Waals surface area (Å²) in [5.74, 6) is 9.89. The van der Waals surface area contributed by atoms with Crippen molar-refractivity contribution in [2.75, 3.05) is 47.1 Å². The second-order valence-electron chi connectivity index (χ2n) is 32.7. The van der Waals surface area contributed by atoms with Crippen molar-refractivity contribution in [2.45, 2.75) is 228 Å². The van der Waals surface area contributed by atoms with Crippen LogP contribution in [0.1, 0.15) is 242 Å². The molecule has 4 aliphatic carbocycles. The Kier molecular flexibility index (Phi) is 45.8. The molecule has 1 unspecified atom stereocenters. The molecule has 3 saturated carbocycles. The van der Waals surface area contributed by atoms with Crippen LogP contribution in [0.2, 0.25) is 0 Å². The lowest BCUT2D eigenvalue weighted by Crippen LogP contribution is -2.51. The fourth-order valence-electron chi connectivity index (χ4n) is 16.9. The number of rotatable bonds is 46. The first-order valence-electron chi connectivity index (χ1n) is 42.8. The van der Waals surface area contributed by atoms with E-state index in [1.54, 1.807) is 72.3 Å². The number of hydrogen-bond donors (Lipinski definition) is 8. The molecule has 8 N–H and O–H groups in total. The SMILES string of the molecule is C#CCC(C(=O)/C=C/c1ccc(O)c(OC)c1)=C(O)/C=C/c1ccc(O)c(CO)c1.C#CCOc1ccc(/C=C/C(=O)C=C(O)/C=C/c2ccc(O)c(CO)c2)cc1OC.CC(C)CCCC(C)[C@H]1CC[C@H]2[C@@H]3CC=C4C[C@@H](OCC(=O)CCCC(=O)CCN=[N+]=[N-])CC[C@]4(C)[C@H]3CC[C@]12C.CCCCNC(=O)CCC(=O)CCCCCCCN=[N+]=[N-]. The molecule has 3 fully saturated rings. The molecule has 0 spiro atoms. The molecule has 1 amide bonds. The van der Waals surface area contributed by atoms with Gasteiger partial charge in [0.1, 0.15) is 47.8 Å². The van der Waals surface area contributed by atoms with E-state index in [4.69, 9.17) is 48.0 Å². The number of aliphatic hydroxyl groups is 4. The molecule has 4 aromatic carbocycles. The number of phenols is 3. The maximum Gasteiger partial charge on any atom is 0.220 e. The number of ether oxygens (including phenoxy) is 4. The molecule has 658 valence electrons. The quantitative estimate of drug-likeness (QED) is 0.00234. The standard InChI is InChI=1S/C35H57N3O3.2C24H22O6.C15H28N4O2/c1-24(2)8-6-9-25(3)31-14-15-32-30-13-12-26-22-29(16-19-34(26,4)33(30)17-20-35(31,32)5)41-23-28(40)11-7-10-27(39)18-21-37-38-36;1-3-12-30-23-11-7-18(14-24(23)29-2)5-9-21(27)15-20(26)8-4-17-6-10-22(28)19(13-17)16-25;1-3-4-19(21(27)10-6-16-5-9-20(26)18(13-16)15-25)22(28)11-7-17-8-12-23(29)24(14-17)30-2;1-2-3-12-17-15(21)11-10-14(20)9-7-5-4-6-8-13-18-19-16/h12,24-25,29-33H,6-11,13-23H2,1-5H3;1,4-11,13-15,25-26,28H,12,16H2,2H3;1,5-14,25-27,29H,4,15H2,2H3;2-13H2,1H3,(H,17,21)/b;8-4+,9-5+,20-15?;10-6+,11-7+,21-19?;/t25?,29-,30-,31+,32-,33-,34-,35+;;;/m0.../s1. The Bertz CT molecular complexity index is 4510. The number of ketones is 5. The molecule has 24 nitrogen and oxygen atoms in total. The average Bonchev–Trinajstić information content (AvgIpc) is 1.66. The van der Waals surface area contributed by atoms with Gasteiger partial charge in [-0.1, -0.05) is 163 Å². The van der Waals surface area contributed by atoms with Gasteiger partial charge in [-0.15, -0.1) is 18.8 Å². The lowest BCUT2D eigenvalue weighted by atomic mass is 9.47. The molecule has 0 heterocycles. The van der Waals surface area contributed by atoms with E-state index in [0.717, 1.165) is 99.4 Å². The number of hydrogen-bond acceptors (Lipinski definition) is 19. The maximum atomic E-state index is 12.5. The van der Waals surface area contributed by atoms with Crippen LogP contribution in [0, 0.1) is 71.0 Å². The molecule has 4 aliphatic rings. The Hall–Kier alpha value is -11.1. The molecule has 0 saturated heterocycles. The van der Waals surface area contributed by atoms with Crippen LogP contribution < -0.4 is 19.5 Å². The molecule has 122 heavy (non-hydrogen) atoms. The number of Topliss-reactive ketones (excluding diaryl/α,β-unsaturated/α-hetero) is 3. The van der Waals surface area contributed by atoms with Crippen molar-refractivity contribution in [3.8, 4) is 59.2 Å². The maximum absolute atomic E-state index is 12.5. The highest BCUT2D eigenvalue weighted by Gasteiger charge is 2.59. The summed E-state index contributed by atoms with van der Waals surface area (Å²) < 4.78 is 21.8. The lowest BCUT2D eigenvalue weighted by molar-refractivity contribution is -0.127. The fourth-order valence-corrected chi connectivity index (χ4v) is 16.9. The number of methoxy groups -OCH3 is 2. The Morgan fingerprint density at radius 1 is 0.623 bits per heavy atom. The highest BCUT2D eigenvalue weighted by molar-refractivity contribution is 6.07. The molecule has 0 radical (unpaired) electrons. The molecule has 0 aromatic heterocycles. The number of terminal acetylenes is 2. The third-order valence-corrected chi connectivity index (χ3v) is 23.6. The van der Waals surface area contributed by atoms with Crippen LogP contribution in [0.25, 0.3) is 45.2 Å². The van der Waals surface area contributed by atoms with Gasteiger partial charge in [0, 0.05) is 91.6 Å². The van der Waals surface area contributed by atoms with E-state index >= 15 is 0 Å². The van der Waals surface area contributed by atoms with E-state index in [0.29, 0.717) is 107 Å². The van der Waals surface area contributed by atoms with Crippen molar-refractivity contribution < 1.29 is 83.5 Å². The summed E-state index contributed by atoms with van der Waals surface area (Å²) in [5.41, 5.74) is 22.2. The number of carbonyl (C=O) groups is 6. The first-order chi connectivity index (χ1) is 58.6. The first-order valence-corrected chi connectivity index (χ1v) is 42.8. The van der Waals surface area contributed by atoms with Gasteiger partial charge >= 0.3 is 0 Å². The highest BCUT2D eigenvalue weighted by Crippen LogP contribution is 2.67. The molecular weight excluding hydrogens is 1550 g/mol. The van der Waals surface area contributed by atoms with Crippen LogP contribution in [-0.4, -0.2) is 124 Å². The number of azide groups is 2. The number of aliphatic hydroxyl groups excluding tert-OH is 4. The van der Waals surface area contributed by atoms with Gasteiger partial charge in [0.25, 0.3) is 0 Å². The third kappa shape index (κ3) is 34.4.